The third-order valence-electron chi connectivity index (χ3n) is 2.31. The lowest BCUT2D eigenvalue weighted by molar-refractivity contribution is -0.385. The van der Waals surface area contributed by atoms with E-state index in [1.54, 1.807) is 7.11 Å². The molecule has 17 heavy (non-hydrogen) atoms. The van der Waals surface area contributed by atoms with Crippen molar-refractivity contribution in [1.82, 2.24) is 0 Å². The number of carbonyl (C=O) groups is 1. The Morgan fingerprint density at radius 2 is 2.24 bits per heavy atom. The predicted molar refractivity (Wildman–Crippen MR) is 66.4 cm³/mol. The quantitative estimate of drug-likeness (QED) is 0.351. The highest BCUT2D eigenvalue weighted by atomic mass is 79.9. The number of rotatable bonds is 6. The van der Waals surface area contributed by atoms with Crippen molar-refractivity contribution in [2.45, 2.75) is 12.8 Å². The van der Waals surface area contributed by atoms with Crippen LogP contribution in [0.3, 0.4) is 0 Å². The third kappa shape index (κ3) is 3.61. The lowest BCUT2D eigenvalue weighted by Gasteiger charge is -2.05. The molecule has 0 heterocycles. The first-order chi connectivity index (χ1) is 8.10. The Bertz CT molecular complexity index is 434. The molecule has 5 nitrogen and oxygen atoms in total. The van der Waals surface area contributed by atoms with E-state index in [-0.39, 0.29) is 11.3 Å². The number of benzene rings is 1. The number of nitro benzene ring substituents is 1. The average Bonchev–Trinajstić information content (AvgIpc) is 2.30. The van der Waals surface area contributed by atoms with Crippen molar-refractivity contribution in [3.05, 3.63) is 37.8 Å². The second-order valence-corrected chi connectivity index (χ2v) is 4.33. The standard InChI is InChI=1S/C11H12BrNO4/c1-17-4-2-3-8-6-11(13(15)16)9(7-14)5-10(8)12/h5-7H,2-4H2,1H3. The van der Waals surface area contributed by atoms with Crippen LogP contribution in [0, 0.1) is 10.1 Å². The molecule has 0 radical (unpaired) electrons. The molecular formula is C11H12BrNO4. The lowest BCUT2D eigenvalue weighted by atomic mass is 10.1. The van der Waals surface area contributed by atoms with E-state index < -0.39 is 4.92 Å². The number of aldehydes is 1. The fourth-order valence-electron chi connectivity index (χ4n) is 1.47. The zero-order valence-electron chi connectivity index (χ0n) is 9.31. The SMILES string of the molecule is COCCCc1cc([N+](=O)[O-])c(C=O)cc1Br. The van der Waals surface area contributed by atoms with Gasteiger partial charge in [0.2, 0.25) is 0 Å². The Morgan fingerprint density at radius 1 is 1.53 bits per heavy atom. The molecular weight excluding hydrogens is 290 g/mol. The average molecular weight is 302 g/mol. The van der Waals surface area contributed by atoms with Crippen LogP contribution >= 0.6 is 15.9 Å². The first kappa shape index (κ1) is 13.8. The van der Waals surface area contributed by atoms with E-state index in [2.05, 4.69) is 15.9 Å². The summed E-state index contributed by atoms with van der Waals surface area (Å²) in [6.07, 6.45) is 1.92. The molecule has 0 aliphatic heterocycles. The Labute approximate surface area is 107 Å². The summed E-state index contributed by atoms with van der Waals surface area (Å²) in [6, 6.07) is 2.91. The van der Waals surface area contributed by atoms with E-state index >= 15 is 0 Å². The van der Waals surface area contributed by atoms with Gasteiger partial charge in [-0.1, -0.05) is 15.9 Å². The van der Waals surface area contributed by atoms with E-state index in [9.17, 15) is 14.9 Å². The Hall–Kier alpha value is -1.27. The summed E-state index contributed by atoms with van der Waals surface area (Å²) < 4.78 is 5.63. The van der Waals surface area contributed by atoms with Crippen LogP contribution in [0.25, 0.3) is 0 Å². The van der Waals surface area contributed by atoms with Crippen LogP contribution in [0.5, 0.6) is 0 Å². The molecule has 1 aromatic rings. The van der Waals surface area contributed by atoms with Crippen LogP contribution in [0.4, 0.5) is 5.69 Å². The number of halogens is 1. The van der Waals surface area contributed by atoms with Gasteiger partial charge in [0.1, 0.15) is 0 Å². The zero-order valence-corrected chi connectivity index (χ0v) is 10.9. The highest BCUT2D eigenvalue weighted by Crippen LogP contribution is 2.27. The number of ether oxygens (including phenoxy) is 1. The van der Waals surface area contributed by atoms with Crippen molar-refractivity contribution >= 4 is 27.9 Å². The predicted octanol–water partition coefficient (Wildman–Crippen LogP) is 2.75. The summed E-state index contributed by atoms with van der Waals surface area (Å²) in [5.74, 6) is 0. The highest BCUT2D eigenvalue weighted by Gasteiger charge is 2.16. The van der Waals surface area contributed by atoms with Gasteiger partial charge in [0, 0.05) is 24.3 Å². The molecule has 0 aliphatic rings. The minimum absolute atomic E-state index is 0.0809. The smallest absolute Gasteiger partial charge is 0.280 e. The van der Waals surface area contributed by atoms with Crippen LogP contribution < -0.4 is 0 Å². The summed E-state index contributed by atoms with van der Waals surface area (Å²) in [4.78, 5) is 20.9. The largest absolute Gasteiger partial charge is 0.385 e. The Balaban J connectivity index is 3.02. The van der Waals surface area contributed by atoms with Gasteiger partial charge < -0.3 is 4.74 Å². The second-order valence-electron chi connectivity index (χ2n) is 3.47. The number of hydrogen-bond acceptors (Lipinski definition) is 4. The molecule has 0 bridgehead atoms. The summed E-state index contributed by atoms with van der Waals surface area (Å²) >= 11 is 3.30. The number of carbonyl (C=O) groups excluding carboxylic acids is 1. The molecule has 1 rings (SSSR count). The van der Waals surface area contributed by atoms with Crippen molar-refractivity contribution in [1.29, 1.82) is 0 Å². The maximum atomic E-state index is 10.8. The molecule has 0 spiro atoms. The van der Waals surface area contributed by atoms with Gasteiger partial charge in [0.25, 0.3) is 5.69 Å². The normalized spacial score (nSPS) is 10.2. The zero-order chi connectivity index (χ0) is 12.8. The number of methoxy groups -OCH3 is 1. The van der Waals surface area contributed by atoms with E-state index in [1.165, 1.54) is 12.1 Å². The molecule has 0 N–H and O–H groups in total. The van der Waals surface area contributed by atoms with Crippen LogP contribution in [0.15, 0.2) is 16.6 Å². The van der Waals surface area contributed by atoms with E-state index in [0.29, 0.717) is 23.8 Å². The maximum absolute atomic E-state index is 10.8. The molecule has 92 valence electrons. The van der Waals surface area contributed by atoms with E-state index in [1.807, 2.05) is 0 Å². The number of nitrogens with zero attached hydrogens (tertiary/aromatic N) is 1. The van der Waals surface area contributed by atoms with Gasteiger partial charge in [-0.25, -0.2) is 0 Å². The molecule has 0 fully saturated rings. The van der Waals surface area contributed by atoms with Crippen molar-refractivity contribution in [2.24, 2.45) is 0 Å². The van der Waals surface area contributed by atoms with Gasteiger partial charge in [-0.3, -0.25) is 14.9 Å². The second kappa shape index (κ2) is 6.46. The molecule has 6 heteroatoms. The van der Waals surface area contributed by atoms with Crippen LogP contribution in [0.2, 0.25) is 0 Å². The third-order valence-corrected chi connectivity index (χ3v) is 3.05. The maximum Gasteiger partial charge on any atom is 0.280 e. The molecule has 0 aromatic heterocycles. The molecule has 0 aliphatic carbocycles. The fraction of sp³-hybridized carbons (Fsp3) is 0.364. The van der Waals surface area contributed by atoms with Crippen molar-refractivity contribution in [3.63, 3.8) is 0 Å². The van der Waals surface area contributed by atoms with Gasteiger partial charge in [0.05, 0.1) is 10.5 Å². The Kier molecular flexibility index (Phi) is 5.24. The van der Waals surface area contributed by atoms with Gasteiger partial charge in [-0.2, -0.15) is 0 Å². The van der Waals surface area contributed by atoms with Crippen LogP contribution in [-0.2, 0) is 11.2 Å². The van der Waals surface area contributed by atoms with Gasteiger partial charge >= 0.3 is 0 Å². The highest BCUT2D eigenvalue weighted by molar-refractivity contribution is 9.10. The number of nitro groups is 1. The minimum atomic E-state index is -0.546. The first-order valence-electron chi connectivity index (χ1n) is 5.01. The van der Waals surface area contributed by atoms with Crippen molar-refractivity contribution in [3.8, 4) is 0 Å². The van der Waals surface area contributed by atoms with E-state index in [4.69, 9.17) is 4.74 Å². The lowest BCUT2D eigenvalue weighted by Crippen LogP contribution is -1.99. The minimum Gasteiger partial charge on any atom is -0.385 e. The van der Waals surface area contributed by atoms with E-state index in [0.717, 1.165) is 12.0 Å². The molecule has 0 unspecified atom stereocenters. The molecule has 0 saturated heterocycles. The summed E-state index contributed by atoms with van der Waals surface area (Å²) in [6.45, 7) is 0.593. The molecule has 0 atom stereocenters. The van der Waals surface area contributed by atoms with Gasteiger partial charge in [-0.15, -0.1) is 0 Å². The Morgan fingerprint density at radius 3 is 2.76 bits per heavy atom. The molecule has 0 saturated carbocycles. The summed E-state index contributed by atoms with van der Waals surface area (Å²) in [5, 5.41) is 10.8. The fourth-order valence-corrected chi connectivity index (χ4v) is 2.03. The monoisotopic (exact) mass is 301 g/mol. The topological polar surface area (TPSA) is 69.4 Å². The number of hydrogen-bond donors (Lipinski definition) is 0. The van der Waals surface area contributed by atoms with Crippen LogP contribution in [-0.4, -0.2) is 24.9 Å². The van der Waals surface area contributed by atoms with Gasteiger partial charge in [0.15, 0.2) is 6.29 Å². The summed E-state index contributed by atoms with van der Waals surface area (Å²) in [5.41, 5.74) is 0.729. The molecule has 0 amide bonds. The molecule has 1 aromatic carbocycles. The first-order valence-corrected chi connectivity index (χ1v) is 5.80. The number of aryl methyl sites for hydroxylation is 1. The van der Waals surface area contributed by atoms with Crippen molar-refractivity contribution < 1.29 is 14.5 Å². The van der Waals surface area contributed by atoms with Crippen molar-refractivity contribution in [2.75, 3.05) is 13.7 Å². The van der Waals surface area contributed by atoms with Crippen LogP contribution in [0.1, 0.15) is 22.3 Å². The summed E-state index contributed by atoms with van der Waals surface area (Å²) in [7, 11) is 1.60. The van der Waals surface area contributed by atoms with Gasteiger partial charge in [-0.05, 0) is 24.5 Å².